The summed E-state index contributed by atoms with van der Waals surface area (Å²) in [5, 5.41) is 18.6. The normalized spacial score (nSPS) is 48.0. The summed E-state index contributed by atoms with van der Waals surface area (Å²) in [4.78, 5) is 2.15. The summed E-state index contributed by atoms with van der Waals surface area (Å²) >= 11 is 0. The van der Waals surface area contributed by atoms with E-state index in [9.17, 15) is 10.2 Å². The van der Waals surface area contributed by atoms with Gasteiger partial charge in [-0.05, 0) is 19.4 Å². The van der Waals surface area contributed by atoms with Crippen LogP contribution >= 0.6 is 0 Å². The predicted molar refractivity (Wildman–Crippen MR) is 36.6 cm³/mol. The van der Waals surface area contributed by atoms with Crippen molar-refractivity contribution in [3.8, 4) is 0 Å². The Kier molecular flexibility index (Phi) is 1.44. The zero-order chi connectivity index (χ0) is 7.14. The third kappa shape index (κ3) is 0.779. The summed E-state index contributed by atoms with van der Waals surface area (Å²) in [7, 11) is 0. The fourth-order valence-electron chi connectivity index (χ4n) is 1.99. The number of fused-ring (bicyclic) bond motifs is 1. The van der Waals surface area contributed by atoms with Gasteiger partial charge in [-0.3, -0.25) is 4.90 Å². The topological polar surface area (TPSA) is 43.7 Å². The number of nitrogens with zero attached hydrogens (tertiary/aromatic N) is 1. The van der Waals surface area contributed by atoms with Crippen molar-refractivity contribution in [2.45, 2.75) is 31.1 Å². The average molecular weight is 143 g/mol. The van der Waals surface area contributed by atoms with Gasteiger partial charge in [0.25, 0.3) is 0 Å². The van der Waals surface area contributed by atoms with Crippen molar-refractivity contribution < 1.29 is 10.2 Å². The quantitative estimate of drug-likeness (QED) is 0.466. The molecular formula is C7H13NO2. The van der Waals surface area contributed by atoms with E-state index in [1.54, 1.807) is 0 Å². The average Bonchev–Trinajstić information content (AvgIpc) is 1.85. The lowest BCUT2D eigenvalue weighted by Crippen LogP contribution is -2.67. The second-order valence-corrected chi connectivity index (χ2v) is 3.26. The van der Waals surface area contributed by atoms with E-state index in [1.165, 1.54) is 0 Å². The molecule has 3 atom stereocenters. The van der Waals surface area contributed by atoms with Crippen molar-refractivity contribution in [1.29, 1.82) is 0 Å². The van der Waals surface area contributed by atoms with Crippen LogP contribution in [0.4, 0.5) is 0 Å². The van der Waals surface area contributed by atoms with Gasteiger partial charge in [-0.15, -0.1) is 0 Å². The molecule has 0 amide bonds. The molecule has 2 fully saturated rings. The van der Waals surface area contributed by atoms with E-state index in [4.69, 9.17) is 0 Å². The number of aliphatic hydroxyl groups is 2. The van der Waals surface area contributed by atoms with E-state index in [1.807, 2.05) is 0 Å². The highest BCUT2D eigenvalue weighted by atomic mass is 16.3. The third-order valence-corrected chi connectivity index (χ3v) is 2.58. The predicted octanol–water partition coefficient (Wildman–Crippen LogP) is -0.814. The molecule has 3 nitrogen and oxygen atoms in total. The molecule has 2 rings (SSSR count). The van der Waals surface area contributed by atoms with E-state index in [-0.39, 0.29) is 18.2 Å². The van der Waals surface area contributed by atoms with Crippen LogP contribution in [0.5, 0.6) is 0 Å². The van der Waals surface area contributed by atoms with Crippen molar-refractivity contribution in [2.75, 3.05) is 13.1 Å². The van der Waals surface area contributed by atoms with Gasteiger partial charge < -0.3 is 10.2 Å². The summed E-state index contributed by atoms with van der Waals surface area (Å²) in [5.74, 6) is 0. The molecule has 0 saturated carbocycles. The molecule has 10 heavy (non-hydrogen) atoms. The zero-order valence-corrected chi connectivity index (χ0v) is 5.90. The van der Waals surface area contributed by atoms with Gasteiger partial charge in [0.2, 0.25) is 0 Å². The van der Waals surface area contributed by atoms with Gasteiger partial charge in [0, 0.05) is 6.54 Å². The maximum absolute atomic E-state index is 9.37. The Morgan fingerprint density at radius 2 is 2.00 bits per heavy atom. The standard InChI is InChI=1S/C7H13NO2/c9-5-2-1-3-8-4-6(10)7(5)8/h5-7,9-10H,1-4H2/t5-,6-,7-/m0/s1. The van der Waals surface area contributed by atoms with Gasteiger partial charge in [-0.1, -0.05) is 0 Å². The lowest BCUT2D eigenvalue weighted by molar-refractivity contribution is -0.133. The van der Waals surface area contributed by atoms with Crippen LogP contribution in [-0.2, 0) is 0 Å². The van der Waals surface area contributed by atoms with E-state index >= 15 is 0 Å². The minimum atomic E-state index is -0.280. The summed E-state index contributed by atoms with van der Waals surface area (Å²) in [6.07, 6.45) is 1.38. The molecule has 0 aromatic heterocycles. The monoisotopic (exact) mass is 143 g/mol. The number of hydrogen-bond acceptors (Lipinski definition) is 3. The van der Waals surface area contributed by atoms with E-state index in [0.29, 0.717) is 0 Å². The molecule has 0 bridgehead atoms. The van der Waals surface area contributed by atoms with Crippen LogP contribution in [0.1, 0.15) is 12.8 Å². The lowest BCUT2D eigenvalue weighted by atomic mass is 9.87. The fraction of sp³-hybridized carbons (Fsp3) is 1.00. The van der Waals surface area contributed by atoms with Crippen molar-refractivity contribution in [1.82, 2.24) is 4.90 Å². The van der Waals surface area contributed by atoms with Crippen molar-refractivity contribution in [3.05, 3.63) is 0 Å². The fourth-order valence-corrected chi connectivity index (χ4v) is 1.99. The molecule has 2 heterocycles. The molecule has 2 saturated heterocycles. The second-order valence-electron chi connectivity index (χ2n) is 3.26. The molecule has 0 aromatic carbocycles. The maximum Gasteiger partial charge on any atom is 0.0847 e. The van der Waals surface area contributed by atoms with Crippen LogP contribution in [0, 0.1) is 0 Å². The first-order valence-electron chi connectivity index (χ1n) is 3.89. The molecule has 2 aliphatic heterocycles. The third-order valence-electron chi connectivity index (χ3n) is 2.58. The number of hydrogen-bond donors (Lipinski definition) is 2. The first-order valence-corrected chi connectivity index (χ1v) is 3.89. The van der Waals surface area contributed by atoms with E-state index in [2.05, 4.69) is 4.90 Å². The van der Waals surface area contributed by atoms with Gasteiger partial charge in [0.15, 0.2) is 0 Å². The highest BCUT2D eigenvalue weighted by Crippen LogP contribution is 2.27. The molecule has 0 aliphatic carbocycles. The van der Waals surface area contributed by atoms with Crippen LogP contribution in [-0.4, -0.2) is 46.5 Å². The number of aliphatic hydroxyl groups excluding tert-OH is 2. The van der Waals surface area contributed by atoms with Crippen LogP contribution < -0.4 is 0 Å². The van der Waals surface area contributed by atoms with Crippen LogP contribution in [0.15, 0.2) is 0 Å². The van der Waals surface area contributed by atoms with Gasteiger partial charge >= 0.3 is 0 Å². The van der Waals surface area contributed by atoms with Crippen LogP contribution in [0.3, 0.4) is 0 Å². The minimum absolute atomic E-state index is 0.0637. The van der Waals surface area contributed by atoms with Gasteiger partial charge in [0.05, 0.1) is 18.2 Å². The van der Waals surface area contributed by atoms with Crippen molar-refractivity contribution in [2.24, 2.45) is 0 Å². The second kappa shape index (κ2) is 2.19. The largest absolute Gasteiger partial charge is 0.391 e. The Morgan fingerprint density at radius 3 is 2.50 bits per heavy atom. The number of rotatable bonds is 0. The first kappa shape index (κ1) is 6.58. The van der Waals surface area contributed by atoms with Crippen molar-refractivity contribution in [3.63, 3.8) is 0 Å². The molecule has 0 spiro atoms. The lowest BCUT2D eigenvalue weighted by Gasteiger charge is -2.50. The first-order chi connectivity index (χ1) is 4.79. The molecular weight excluding hydrogens is 130 g/mol. The van der Waals surface area contributed by atoms with Gasteiger partial charge in [-0.2, -0.15) is 0 Å². The smallest absolute Gasteiger partial charge is 0.0847 e. The summed E-state index contributed by atoms with van der Waals surface area (Å²) < 4.78 is 0. The Hall–Kier alpha value is -0.120. The molecule has 2 N–H and O–H groups in total. The molecule has 58 valence electrons. The van der Waals surface area contributed by atoms with Crippen LogP contribution in [0.2, 0.25) is 0 Å². The van der Waals surface area contributed by atoms with E-state index in [0.717, 1.165) is 25.9 Å². The summed E-state index contributed by atoms with van der Waals surface area (Å²) in [6.45, 7) is 1.82. The Balaban J connectivity index is 2.01. The molecule has 0 unspecified atom stereocenters. The summed E-state index contributed by atoms with van der Waals surface area (Å²) in [6, 6.07) is 0.0637. The summed E-state index contributed by atoms with van der Waals surface area (Å²) in [5.41, 5.74) is 0. The Labute approximate surface area is 60.3 Å². The zero-order valence-electron chi connectivity index (χ0n) is 5.90. The van der Waals surface area contributed by atoms with Gasteiger partial charge in [-0.25, -0.2) is 0 Å². The molecule has 0 radical (unpaired) electrons. The van der Waals surface area contributed by atoms with Gasteiger partial charge in [0.1, 0.15) is 0 Å². The van der Waals surface area contributed by atoms with Crippen LogP contribution in [0.25, 0.3) is 0 Å². The SMILES string of the molecule is O[C@H]1CCCN2C[C@H](O)[C@H]12. The Morgan fingerprint density at radius 1 is 1.20 bits per heavy atom. The van der Waals surface area contributed by atoms with Crippen molar-refractivity contribution >= 4 is 0 Å². The molecule has 3 heteroatoms. The number of piperidine rings is 1. The molecule has 0 aromatic rings. The highest BCUT2D eigenvalue weighted by Gasteiger charge is 2.43. The highest BCUT2D eigenvalue weighted by molar-refractivity contribution is 4.98. The Bertz CT molecular complexity index is 131. The maximum atomic E-state index is 9.37. The molecule has 2 aliphatic rings. The minimum Gasteiger partial charge on any atom is -0.391 e. The van der Waals surface area contributed by atoms with E-state index < -0.39 is 0 Å².